The van der Waals surface area contributed by atoms with E-state index < -0.39 is 0 Å². The molecule has 0 aliphatic carbocycles. The van der Waals surface area contributed by atoms with Crippen LogP contribution < -0.4 is 5.32 Å². The lowest BCUT2D eigenvalue weighted by molar-refractivity contribution is 0.627. The molecule has 0 aromatic heterocycles. The van der Waals surface area contributed by atoms with Gasteiger partial charge in [-0.3, -0.25) is 0 Å². The van der Waals surface area contributed by atoms with Crippen LogP contribution in [-0.2, 0) is 0 Å². The highest BCUT2D eigenvalue weighted by atomic mass is 19.1. The summed E-state index contributed by atoms with van der Waals surface area (Å²) in [6.45, 7) is 8.25. The fourth-order valence-corrected chi connectivity index (χ4v) is 0.546. The highest BCUT2D eigenvalue weighted by molar-refractivity contribution is 5.31. The molecule has 0 aliphatic heterocycles. The van der Waals surface area contributed by atoms with Crippen molar-refractivity contribution >= 4 is 0 Å². The molecule has 0 radical (unpaired) electrons. The summed E-state index contributed by atoms with van der Waals surface area (Å²) in [5, 5.41) is 2.75. The van der Waals surface area contributed by atoms with Crippen molar-refractivity contribution in [1.82, 2.24) is 5.32 Å². The zero-order chi connectivity index (χ0) is 14.1. The van der Waals surface area contributed by atoms with Gasteiger partial charge in [-0.1, -0.05) is 40.0 Å². The number of halogens is 1. The lowest BCUT2D eigenvalue weighted by Gasteiger charge is -1.86. The number of rotatable bonds is 0. The van der Waals surface area contributed by atoms with Gasteiger partial charge >= 0.3 is 0 Å². The minimum absolute atomic E-state index is 0.256. The van der Waals surface area contributed by atoms with Gasteiger partial charge in [-0.15, -0.1) is 6.42 Å². The first-order chi connectivity index (χ1) is 8.15. The topological polar surface area (TPSA) is 12.0 Å². The number of hydrogen-bond donors (Lipinski definition) is 1. The maximum Gasteiger partial charge on any atom is 0.123 e. The standard InChI is InChI=1S/C8H5F.C3H8.C2H7N.C2H6/c1-2-7-3-5-8(9)6-4-7;2*1-3-2;1-2/h1,3-6H;3H2,1-2H3;3H,1-2H3;1-2H3. The molecule has 0 heterocycles. The maximum absolute atomic E-state index is 12.2. The van der Waals surface area contributed by atoms with Crippen LogP contribution in [0.15, 0.2) is 24.3 Å². The minimum atomic E-state index is -0.256. The molecule has 0 saturated carbocycles. The Morgan fingerprint density at radius 1 is 1.12 bits per heavy atom. The van der Waals surface area contributed by atoms with Crippen molar-refractivity contribution in [2.75, 3.05) is 14.1 Å². The third-order valence-electron chi connectivity index (χ3n) is 1.01. The number of hydrogen-bond acceptors (Lipinski definition) is 1. The molecule has 0 saturated heterocycles. The molecule has 1 rings (SSSR count). The van der Waals surface area contributed by atoms with Crippen molar-refractivity contribution in [2.45, 2.75) is 34.1 Å². The Bertz CT molecular complexity index is 257. The van der Waals surface area contributed by atoms with Crippen LogP contribution in [0, 0.1) is 18.2 Å². The molecule has 0 atom stereocenters. The summed E-state index contributed by atoms with van der Waals surface area (Å²) in [6.07, 6.45) is 6.28. The molecule has 2 heteroatoms. The molecule has 0 aliphatic rings. The molecular weight excluding hydrogens is 213 g/mol. The SMILES string of the molecule is C#Cc1ccc(F)cc1.CC.CCC.CNC. The Morgan fingerprint density at radius 2 is 1.41 bits per heavy atom. The first kappa shape index (κ1) is 21.0. The van der Waals surface area contributed by atoms with Crippen LogP contribution in [-0.4, -0.2) is 14.1 Å². The molecule has 98 valence electrons. The van der Waals surface area contributed by atoms with E-state index in [1.807, 2.05) is 27.9 Å². The summed E-state index contributed by atoms with van der Waals surface area (Å²) in [4.78, 5) is 0. The lowest BCUT2D eigenvalue weighted by atomic mass is 10.2. The minimum Gasteiger partial charge on any atom is -0.323 e. The summed E-state index contributed by atoms with van der Waals surface area (Å²) in [7, 11) is 3.75. The summed E-state index contributed by atoms with van der Waals surface area (Å²) in [6, 6.07) is 5.81. The quantitative estimate of drug-likeness (QED) is 0.673. The van der Waals surface area contributed by atoms with Gasteiger partial charge in [-0.05, 0) is 38.4 Å². The highest BCUT2D eigenvalue weighted by Crippen LogP contribution is 1.99. The van der Waals surface area contributed by atoms with Crippen LogP contribution in [0.1, 0.15) is 39.7 Å². The molecule has 0 bridgehead atoms. The van der Waals surface area contributed by atoms with E-state index in [-0.39, 0.29) is 5.82 Å². The molecule has 0 amide bonds. The molecule has 1 aromatic carbocycles. The predicted octanol–water partition coefficient (Wildman–Crippen LogP) is 4.09. The second kappa shape index (κ2) is 20.1. The summed E-state index contributed by atoms with van der Waals surface area (Å²) >= 11 is 0. The number of nitrogens with one attached hydrogen (secondary N) is 1. The van der Waals surface area contributed by atoms with E-state index in [2.05, 4.69) is 25.1 Å². The van der Waals surface area contributed by atoms with E-state index in [0.29, 0.717) is 5.56 Å². The lowest BCUT2D eigenvalue weighted by Crippen LogP contribution is -1.89. The van der Waals surface area contributed by atoms with E-state index in [0.717, 1.165) is 0 Å². The van der Waals surface area contributed by atoms with Crippen molar-refractivity contribution in [3.05, 3.63) is 35.6 Å². The third kappa shape index (κ3) is 20.7. The van der Waals surface area contributed by atoms with Gasteiger partial charge in [-0.2, -0.15) is 0 Å². The summed E-state index contributed by atoms with van der Waals surface area (Å²) in [5.74, 6) is 2.13. The van der Waals surface area contributed by atoms with Crippen molar-refractivity contribution in [2.24, 2.45) is 0 Å². The smallest absolute Gasteiger partial charge is 0.123 e. The average Bonchev–Trinajstić information content (AvgIpc) is 2.35. The van der Waals surface area contributed by atoms with Gasteiger partial charge in [0.2, 0.25) is 0 Å². The zero-order valence-corrected chi connectivity index (χ0v) is 12.0. The highest BCUT2D eigenvalue weighted by Gasteiger charge is 1.86. The van der Waals surface area contributed by atoms with Gasteiger partial charge in [-0.25, -0.2) is 4.39 Å². The Balaban J connectivity index is -0.000000207. The first-order valence-corrected chi connectivity index (χ1v) is 5.96. The van der Waals surface area contributed by atoms with E-state index in [4.69, 9.17) is 6.42 Å². The van der Waals surface area contributed by atoms with Crippen LogP contribution in [0.5, 0.6) is 0 Å². The molecule has 0 unspecified atom stereocenters. The van der Waals surface area contributed by atoms with E-state index in [1.165, 1.54) is 18.6 Å². The van der Waals surface area contributed by atoms with Gasteiger partial charge in [0.25, 0.3) is 0 Å². The van der Waals surface area contributed by atoms with Crippen molar-refractivity contribution in [1.29, 1.82) is 0 Å². The number of terminal acetylenes is 1. The van der Waals surface area contributed by atoms with Crippen LogP contribution >= 0.6 is 0 Å². The Morgan fingerprint density at radius 3 is 1.65 bits per heavy atom. The van der Waals surface area contributed by atoms with Gasteiger partial charge in [0.05, 0.1) is 0 Å². The second-order valence-corrected chi connectivity index (χ2v) is 2.86. The van der Waals surface area contributed by atoms with Crippen molar-refractivity contribution in [3.8, 4) is 12.3 Å². The largest absolute Gasteiger partial charge is 0.323 e. The summed E-state index contributed by atoms with van der Waals surface area (Å²) in [5.41, 5.74) is 0.705. The molecular formula is C15H26FN. The van der Waals surface area contributed by atoms with E-state index in [1.54, 1.807) is 12.1 Å². The molecule has 1 nitrogen and oxygen atoms in total. The zero-order valence-electron chi connectivity index (χ0n) is 12.0. The van der Waals surface area contributed by atoms with Crippen LogP contribution in [0.4, 0.5) is 4.39 Å². The van der Waals surface area contributed by atoms with E-state index in [9.17, 15) is 4.39 Å². The summed E-state index contributed by atoms with van der Waals surface area (Å²) < 4.78 is 12.2. The van der Waals surface area contributed by atoms with Crippen molar-refractivity contribution < 1.29 is 4.39 Å². The van der Waals surface area contributed by atoms with Gasteiger partial charge < -0.3 is 5.32 Å². The van der Waals surface area contributed by atoms with Crippen LogP contribution in [0.2, 0.25) is 0 Å². The average molecular weight is 239 g/mol. The monoisotopic (exact) mass is 239 g/mol. The van der Waals surface area contributed by atoms with Crippen LogP contribution in [0.3, 0.4) is 0 Å². The van der Waals surface area contributed by atoms with Gasteiger partial charge in [0.1, 0.15) is 5.82 Å². The normalized spacial score (nSPS) is 6.94. The molecule has 17 heavy (non-hydrogen) atoms. The van der Waals surface area contributed by atoms with E-state index >= 15 is 0 Å². The fraction of sp³-hybridized carbons (Fsp3) is 0.467. The number of benzene rings is 1. The van der Waals surface area contributed by atoms with Crippen molar-refractivity contribution in [3.63, 3.8) is 0 Å². The second-order valence-electron chi connectivity index (χ2n) is 2.86. The van der Waals surface area contributed by atoms with Gasteiger partial charge in [0, 0.05) is 5.56 Å². The van der Waals surface area contributed by atoms with Crippen LogP contribution in [0.25, 0.3) is 0 Å². The Labute approximate surface area is 106 Å². The molecule has 0 fully saturated rings. The molecule has 0 spiro atoms. The first-order valence-electron chi connectivity index (χ1n) is 5.96. The predicted molar refractivity (Wildman–Crippen MR) is 76.6 cm³/mol. The maximum atomic E-state index is 12.2. The Hall–Kier alpha value is -1.33. The Kier molecular flexibility index (Phi) is 24.9. The molecule has 1 aromatic rings. The molecule has 1 N–H and O–H groups in total. The fourth-order valence-electron chi connectivity index (χ4n) is 0.546. The van der Waals surface area contributed by atoms with Gasteiger partial charge in [0.15, 0.2) is 0 Å². The third-order valence-corrected chi connectivity index (χ3v) is 1.01.